The number of anilines is 1. The first-order valence-electron chi connectivity index (χ1n) is 8.20. The molecule has 3 rings (SSSR count). The molecule has 1 aromatic carbocycles. The number of rotatable bonds is 5. The van der Waals surface area contributed by atoms with Crippen molar-refractivity contribution in [3.8, 4) is 0 Å². The van der Waals surface area contributed by atoms with E-state index in [0.717, 1.165) is 36.0 Å². The van der Waals surface area contributed by atoms with Gasteiger partial charge in [-0.1, -0.05) is 6.07 Å². The lowest BCUT2D eigenvalue weighted by molar-refractivity contribution is -0.123. The van der Waals surface area contributed by atoms with Crippen LogP contribution in [0.25, 0.3) is 6.08 Å². The maximum absolute atomic E-state index is 12.4. The van der Waals surface area contributed by atoms with Gasteiger partial charge in [-0.3, -0.25) is 14.5 Å². The molecule has 0 unspecified atom stereocenters. The van der Waals surface area contributed by atoms with Crippen LogP contribution in [-0.2, 0) is 9.53 Å². The molecule has 2 saturated heterocycles. The van der Waals surface area contributed by atoms with Gasteiger partial charge in [0, 0.05) is 25.9 Å². The minimum Gasteiger partial charge on any atom is -0.383 e. The summed E-state index contributed by atoms with van der Waals surface area (Å²) in [5.41, 5.74) is 3.33. The zero-order valence-corrected chi connectivity index (χ0v) is 14.9. The van der Waals surface area contributed by atoms with Gasteiger partial charge in [0.05, 0.1) is 18.1 Å². The van der Waals surface area contributed by atoms with Crippen molar-refractivity contribution in [2.75, 3.05) is 38.3 Å². The Hall–Kier alpha value is -1.79. The number of thioether (sulfide) groups is 1. The Bertz CT molecular complexity index is 681. The average Bonchev–Trinajstić information content (AvgIpc) is 3.18. The van der Waals surface area contributed by atoms with E-state index in [9.17, 15) is 9.59 Å². The fourth-order valence-electron chi connectivity index (χ4n) is 3.01. The third kappa shape index (κ3) is 3.49. The van der Waals surface area contributed by atoms with Gasteiger partial charge in [-0.25, -0.2) is 0 Å². The van der Waals surface area contributed by atoms with Crippen molar-refractivity contribution in [3.05, 3.63) is 34.2 Å². The highest BCUT2D eigenvalue weighted by Crippen LogP contribution is 2.33. The van der Waals surface area contributed by atoms with Crippen molar-refractivity contribution in [2.24, 2.45) is 0 Å². The smallest absolute Gasteiger partial charge is 0.293 e. The second kappa shape index (κ2) is 7.40. The van der Waals surface area contributed by atoms with Crippen LogP contribution in [-0.4, -0.2) is 49.4 Å². The predicted octanol–water partition coefficient (Wildman–Crippen LogP) is 3.28. The molecule has 2 aliphatic rings. The molecule has 0 spiro atoms. The molecule has 2 fully saturated rings. The van der Waals surface area contributed by atoms with Crippen molar-refractivity contribution >= 4 is 34.7 Å². The molecule has 0 aliphatic carbocycles. The summed E-state index contributed by atoms with van der Waals surface area (Å²) in [5, 5.41) is -0.227. The summed E-state index contributed by atoms with van der Waals surface area (Å²) < 4.78 is 4.96. The van der Waals surface area contributed by atoms with Gasteiger partial charge in [-0.2, -0.15) is 0 Å². The highest BCUT2D eigenvalue weighted by atomic mass is 32.2. The van der Waals surface area contributed by atoms with E-state index in [1.807, 2.05) is 19.1 Å². The van der Waals surface area contributed by atoms with Crippen molar-refractivity contribution in [1.82, 2.24) is 4.90 Å². The van der Waals surface area contributed by atoms with E-state index in [0.29, 0.717) is 18.1 Å². The Kier molecular flexibility index (Phi) is 5.26. The Morgan fingerprint density at radius 2 is 2.00 bits per heavy atom. The number of hydrogen-bond acceptors (Lipinski definition) is 5. The molecule has 0 saturated carbocycles. The van der Waals surface area contributed by atoms with E-state index < -0.39 is 0 Å². The van der Waals surface area contributed by atoms with E-state index >= 15 is 0 Å². The van der Waals surface area contributed by atoms with Gasteiger partial charge in [-0.05, 0) is 60.9 Å². The Balaban J connectivity index is 1.78. The number of carbonyl (C=O) groups is 2. The predicted molar refractivity (Wildman–Crippen MR) is 97.2 cm³/mol. The number of imide groups is 1. The molecule has 0 aromatic heterocycles. The van der Waals surface area contributed by atoms with Crippen molar-refractivity contribution in [1.29, 1.82) is 0 Å². The molecule has 0 N–H and O–H groups in total. The zero-order chi connectivity index (χ0) is 17.1. The molecule has 0 bridgehead atoms. The molecule has 24 heavy (non-hydrogen) atoms. The monoisotopic (exact) mass is 346 g/mol. The maximum Gasteiger partial charge on any atom is 0.293 e. The molecule has 2 amide bonds. The summed E-state index contributed by atoms with van der Waals surface area (Å²) in [4.78, 5) is 28.4. The molecule has 5 nitrogen and oxygen atoms in total. The highest BCUT2D eigenvalue weighted by molar-refractivity contribution is 8.18. The van der Waals surface area contributed by atoms with Crippen molar-refractivity contribution in [2.45, 2.75) is 19.8 Å². The summed E-state index contributed by atoms with van der Waals surface area (Å²) >= 11 is 0.998. The lowest BCUT2D eigenvalue weighted by Crippen LogP contribution is -2.31. The van der Waals surface area contributed by atoms with E-state index in [2.05, 4.69) is 17.0 Å². The first-order chi connectivity index (χ1) is 11.6. The number of amides is 2. The summed E-state index contributed by atoms with van der Waals surface area (Å²) in [7, 11) is 1.56. The number of benzene rings is 1. The molecule has 6 heteroatoms. The Morgan fingerprint density at radius 1 is 1.25 bits per heavy atom. The van der Waals surface area contributed by atoms with Gasteiger partial charge in [0.15, 0.2) is 0 Å². The molecule has 0 atom stereocenters. The molecular weight excluding hydrogens is 324 g/mol. The second-order valence-electron chi connectivity index (χ2n) is 6.06. The van der Waals surface area contributed by atoms with Crippen LogP contribution >= 0.6 is 11.8 Å². The van der Waals surface area contributed by atoms with E-state index in [4.69, 9.17) is 4.74 Å². The van der Waals surface area contributed by atoms with Crippen LogP contribution in [0.15, 0.2) is 23.1 Å². The molecular formula is C18H22N2O3S. The SMILES string of the molecule is COCCN1C(=O)S/C(=C/c2ccc(N3CCCC3)cc2C)C1=O. The summed E-state index contributed by atoms with van der Waals surface area (Å²) in [6, 6.07) is 6.29. The molecule has 1 aromatic rings. The van der Waals surface area contributed by atoms with Crippen LogP contribution < -0.4 is 4.90 Å². The van der Waals surface area contributed by atoms with E-state index in [1.165, 1.54) is 23.4 Å². The summed E-state index contributed by atoms with van der Waals surface area (Å²) in [5.74, 6) is -0.231. The van der Waals surface area contributed by atoms with Gasteiger partial charge in [0.1, 0.15) is 0 Å². The number of nitrogens with zero attached hydrogens (tertiary/aromatic N) is 2. The van der Waals surface area contributed by atoms with E-state index in [-0.39, 0.29) is 11.1 Å². The normalized spacial score (nSPS) is 19.8. The van der Waals surface area contributed by atoms with Crippen LogP contribution in [0.4, 0.5) is 10.5 Å². The number of ether oxygens (including phenoxy) is 1. The van der Waals surface area contributed by atoms with Gasteiger partial charge < -0.3 is 9.64 Å². The molecule has 0 radical (unpaired) electrons. The van der Waals surface area contributed by atoms with Gasteiger partial charge in [0.25, 0.3) is 11.1 Å². The van der Waals surface area contributed by atoms with Crippen LogP contribution in [0.5, 0.6) is 0 Å². The molecule has 2 heterocycles. The lowest BCUT2D eigenvalue weighted by Gasteiger charge is -2.18. The van der Waals surface area contributed by atoms with Crippen molar-refractivity contribution < 1.29 is 14.3 Å². The number of methoxy groups -OCH3 is 1. The fourth-order valence-corrected chi connectivity index (χ4v) is 3.87. The summed E-state index contributed by atoms with van der Waals surface area (Å²) in [6.45, 7) is 4.91. The molecule has 128 valence electrons. The van der Waals surface area contributed by atoms with Gasteiger partial charge in [0.2, 0.25) is 0 Å². The maximum atomic E-state index is 12.4. The highest BCUT2D eigenvalue weighted by Gasteiger charge is 2.34. The standard InChI is InChI=1S/C18H22N2O3S/c1-13-11-15(19-7-3-4-8-19)6-5-14(13)12-16-17(21)20(9-10-23-2)18(22)24-16/h5-6,11-12H,3-4,7-10H2,1-2H3/b16-12+. The first kappa shape index (κ1) is 17.0. The number of carbonyl (C=O) groups excluding carboxylic acids is 2. The Labute approximate surface area is 146 Å². The minimum absolute atomic E-state index is 0.227. The van der Waals surface area contributed by atoms with Gasteiger partial charge in [-0.15, -0.1) is 0 Å². The topological polar surface area (TPSA) is 49.9 Å². The average molecular weight is 346 g/mol. The van der Waals surface area contributed by atoms with Crippen LogP contribution in [0.2, 0.25) is 0 Å². The third-order valence-corrected chi connectivity index (χ3v) is 5.31. The fraction of sp³-hybridized carbons (Fsp3) is 0.444. The van der Waals surface area contributed by atoms with Crippen LogP contribution in [0.1, 0.15) is 24.0 Å². The second-order valence-corrected chi connectivity index (χ2v) is 7.05. The Morgan fingerprint density at radius 3 is 2.67 bits per heavy atom. The summed E-state index contributed by atoms with van der Waals surface area (Å²) in [6.07, 6.45) is 4.31. The largest absolute Gasteiger partial charge is 0.383 e. The van der Waals surface area contributed by atoms with Crippen LogP contribution in [0.3, 0.4) is 0 Å². The van der Waals surface area contributed by atoms with Gasteiger partial charge >= 0.3 is 0 Å². The first-order valence-corrected chi connectivity index (χ1v) is 9.01. The van der Waals surface area contributed by atoms with Crippen LogP contribution in [0, 0.1) is 6.92 Å². The van der Waals surface area contributed by atoms with Crippen molar-refractivity contribution in [3.63, 3.8) is 0 Å². The van der Waals surface area contributed by atoms with E-state index in [1.54, 1.807) is 7.11 Å². The molecule has 2 aliphatic heterocycles. The number of hydrogen-bond donors (Lipinski definition) is 0. The minimum atomic E-state index is -0.231. The number of aryl methyl sites for hydroxylation is 1. The quantitative estimate of drug-likeness (QED) is 0.766. The zero-order valence-electron chi connectivity index (χ0n) is 14.1. The third-order valence-electron chi connectivity index (χ3n) is 4.40. The lowest BCUT2D eigenvalue weighted by atomic mass is 10.1.